The van der Waals surface area contributed by atoms with Crippen LogP contribution in [-0.2, 0) is 25.5 Å². The SMILES string of the molecule is Nc1nc(Cl)nc2c1ncn2C1O[C@H](COC(Cc2cccc(OC(F)(F)F)c2)(C(=O)O)C(=O)O)[C@@H](O)[C@@H]1F. The number of aromatic nitrogens is 4. The first-order valence-electron chi connectivity index (χ1n) is 10.8. The average Bonchev–Trinajstić information content (AvgIpc) is 3.36. The average molecular weight is 580 g/mol. The highest BCUT2D eigenvalue weighted by Crippen LogP contribution is 2.35. The fraction of sp³-hybridized carbons (Fsp3) is 0.381. The van der Waals surface area contributed by atoms with Crippen molar-refractivity contribution in [3.8, 4) is 5.75 Å². The van der Waals surface area contributed by atoms with Gasteiger partial charge in [0.2, 0.25) is 5.28 Å². The largest absolute Gasteiger partial charge is 0.573 e. The van der Waals surface area contributed by atoms with Gasteiger partial charge in [0, 0.05) is 6.42 Å². The number of fused-ring (bicyclic) bond motifs is 1. The van der Waals surface area contributed by atoms with E-state index in [0.29, 0.717) is 0 Å². The predicted molar refractivity (Wildman–Crippen MR) is 120 cm³/mol. The molecule has 1 aliphatic heterocycles. The summed E-state index contributed by atoms with van der Waals surface area (Å²) in [6.07, 6.45) is -12.2. The number of anilines is 1. The fourth-order valence-corrected chi connectivity index (χ4v) is 4.11. The monoisotopic (exact) mass is 579 g/mol. The number of halogens is 5. The lowest BCUT2D eigenvalue weighted by molar-refractivity contribution is -0.274. The van der Waals surface area contributed by atoms with E-state index in [-0.39, 0.29) is 27.8 Å². The van der Waals surface area contributed by atoms with E-state index >= 15 is 4.39 Å². The number of rotatable bonds is 9. The molecule has 1 unspecified atom stereocenters. The summed E-state index contributed by atoms with van der Waals surface area (Å²) >= 11 is 5.80. The number of hydrogen-bond acceptors (Lipinski definition) is 10. The minimum atomic E-state index is -5.05. The topological polar surface area (TPSA) is 192 Å². The van der Waals surface area contributed by atoms with E-state index in [1.165, 1.54) is 0 Å². The van der Waals surface area contributed by atoms with Gasteiger partial charge in [0.25, 0.3) is 5.60 Å². The summed E-state index contributed by atoms with van der Waals surface area (Å²) in [6.45, 7) is -0.945. The highest BCUT2D eigenvalue weighted by Gasteiger charge is 2.52. The Bertz CT molecular complexity index is 1390. The Morgan fingerprint density at radius 3 is 2.54 bits per heavy atom. The van der Waals surface area contributed by atoms with Gasteiger partial charge >= 0.3 is 18.3 Å². The molecule has 18 heteroatoms. The number of aliphatic hydroxyl groups is 1. The van der Waals surface area contributed by atoms with E-state index in [4.69, 9.17) is 26.8 Å². The second kappa shape index (κ2) is 10.4. The van der Waals surface area contributed by atoms with Gasteiger partial charge in [-0.15, -0.1) is 13.2 Å². The van der Waals surface area contributed by atoms with Crippen LogP contribution in [0.1, 0.15) is 11.8 Å². The molecule has 2 aromatic heterocycles. The Balaban J connectivity index is 1.56. The molecular formula is C21H18ClF4N5O8. The van der Waals surface area contributed by atoms with E-state index < -0.39 is 67.3 Å². The normalized spacial score (nSPS) is 21.8. The van der Waals surface area contributed by atoms with Gasteiger partial charge in [-0.1, -0.05) is 12.1 Å². The first-order chi connectivity index (χ1) is 18.2. The number of alkyl halides is 4. The lowest BCUT2D eigenvalue weighted by Crippen LogP contribution is -2.52. The molecule has 1 fully saturated rings. The van der Waals surface area contributed by atoms with E-state index in [0.717, 1.165) is 35.2 Å². The van der Waals surface area contributed by atoms with Crippen molar-refractivity contribution < 1.29 is 56.7 Å². The zero-order chi connectivity index (χ0) is 28.7. The number of nitrogens with zero attached hydrogens (tertiary/aromatic N) is 4. The third-order valence-corrected chi connectivity index (χ3v) is 5.93. The van der Waals surface area contributed by atoms with Crippen LogP contribution in [0.3, 0.4) is 0 Å². The number of carbonyl (C=O) groups is 2. The second-order valence-electron chi connectivity index (χ2n) is 8.32. The van der Waals surface area contributed by atoms with Crippen molar-refractivity contribution in [2.45, 2.75) is 43.0 Å². The molecule has 13 nitrogen and oxygen atoms in total. The van der Waals surface area contributed by atoms with Gasteiger partial charge in [0.1, 0.15) is 23.5 Å². The summed E-state index contributed by atoms with van der Waals surface area (Å²) in [5, 5.41) is 29.6. The van der Waals surface area contributed by atoms with Crippen LogP contribution in [0.15, 0.2) is 30.6 Å². The van der Waals surface area contributed by atoms with Gasteiger partial charge in [-0.25, -0.2) is 19.0 Å². The summed E-state index contributed by atoms with van der Waals surface area (Å²) in [4.78, 5) is 35.7. The zero-order valence-electron chi connectivity index (χ0n) is 19.2. The quantitative estimate of drug-likeness (QED) is 0.163. The Morgan fingerprint density at radius 1 is 1.21 bits per heavy atom. The number of benzene rings is 1. The van der Waals surface area contributed by atoms with Crippen molar-refractivity contribution in [3.63, 3.8) is 0 Å². The first kappa shape index (κ1) is 28.2. The van der Waals surface area contributed by atoms with E-state index in [9.17, 15) is 38.1 Å². The van der Waals surface area contributed by atoms with Gasteiger partial charge in [-0.2, -0.15) is 9.97 Å². The van der Waals surface area contributed by atoms with Gasteiger partial charge in [0.15, 0.2) is 23.9 Å². The smallest absolute Gasteiger partial charge is 0.479 e. The number of carboxylic acid groups (broad SMARTS) is 2. The Labute approximate surface area is 219 Å². The van der Waals surface area contributed by atoms with E-state index in [2.05, 4.69) is 19.7 Å². The molecule has 0 amide bonds. The number of nitrogens with two attached hydrogens (primary N) is 1. The zero-order valence-corrected chi connectivity index (χ0v) is 20.0. The van der Waals surface area contributed by atoms with Crippen molar-refractivity contribution in [2.75, 3.05) is 12.3 Å². The van der Waals surface area contributed by atoms with Gasteiger partial charge in [-0.3, -0.25) is 4.57 Å². The minimum absolute atomic E-state index is 0.0414. The van der Waals surface area contributed by atoms with Crippen LogP contribution in [0, 0.1) is 0 Å². The molecule has 1 saturated heterocycles. The maximum atomic E-state index is 15.1. The molecule has 0 saturated carbocycles. The fourth-order valence-electron chi connectivity index (χ4n) is 3.94. The van der Waals surface area contributed by atoms with Crippen molar-refractivity contribution in [1.82, 2.24) is 19.5 Å². The Morgan fingerprint density at radius 2 is 1.90 bits per heavy atom. The molecule has 4 atom stereocenters. The molecule has 3 aromatic rings. The van der Waals surface area contributed by atoms with Crippen LogP contribution in [0.5, 0.6) is 5.75 Å². The molecule has 210 valence electrons. The molecule has 0 radical (unpaired) electrons. The maximum absolute atomic E-state index is 15.1. The molecule has 5 N–H and O–H groups in total. The molecule has 1 aliphatic rings. The standard InChI is InChI=1S/C21H18ClF4N5O8/c22-19-29-14(27)12-15(30-19)31(7-28-12)16-11(23)13(32)10(38-16)6-37-20(17(33)34,18(35)36)5-8-2-1-3-9(4-8)39-21(24,25)26/h1-4,7,10-11,13,16,32H,5-6H2,(H,33,34)(H,35,36)(H2,27,29,30)/t10-,11+,13-,16?/m1/s1. The predicted octanol–water partition coefficient (Wildman–Crippen LogP) is 1.72. The van der Waals surface area contributed by atoms with Crippen LogP contribution < -0.4 is 10.5 Å². The van der Waals surface area contributed by atoms with Crippen LogP contribution >= 0.6 is 11.6 Å². The molecule has 0 bridgehead atoms. The van der Waals surface area contributed by atoms with Crippen LogP contribution in [0.4, 0.5) is 23.4 Å². The maximum Gasteiger partial charge on any atom is 0.573 e. The number of nitrogen functional groups attached to an aromatic ring is 1. The summed E-state index contributed by atoms with van der Waals surface area (Å²) in [5.74, 6) is -4.87. The molecule has 1 aromatic carbocycles. The number of hydrogen-bond donors (Lipinski definition) is 4. The van der Waals surface area contributed by atoms with Crippen LogP contribution in [-0.4, -0.2) is 83.7 Å². The van der Waals surface area contributed by atoms with Crippen molar-refractivity contribution in [2.24, 2.45) is 0 Å². The number of carboxylic acids is 2. The van der Waals surface area contributed by atoms with Crippen LogP contribution in [0.25, 0.3) is 11.2 Å². The van der Waals surface area contributed by atoms with Crippen molar-refractivity contribution in [1.29, 1.82) is 0 Å². The molecule has 4 rings (SSSR count). The van der Waals surface area contributed by atoms with E-state index in [1.807, 2.05) is 0 Å². The Hall–Kier alpha value is -3.80. The molecule has 3 heterocycles. The van der Waals surface area contributed by atoms with Crippen molar-refractivity contribution in [3.05, 3.63) is 41.4 Å². The summed E-state index contributed by atoms with van der Waals surface area (Å²) in [5.41, 5.74) is 2.48. The summed E-state index contributed by atoms with van der Waals surface area (Å²) < 4.78 is 68.3. The number of aliphatic carboxylic acids is 2. The van der Waals surface area contributed by atoms with E-state index in [1.54, 1.807) is 0 Å². The molecular weight excluding hydrogens is 562 g/mol. The lowest BCUT2D eigenvalue weighted by Gasteiger charge is -2.27. The first-order valence-corrected chi connectivity index (χ1v) is 11.2. The third kappa shape index (κ3) is 5.65. The number of aliphatic hydroxyl groups excluding tert-OH is 1. The minimum Gasteiger partial charge on any atom is -0.479 e. The number of imidazole rings is 1. The van der Waals surface area contributed by atoms with Gasteiger partial charge in [0.05, 0.1) is 12.9 Å². The summed E-state index contributed by atoms with van der Waals surface area (Å²) in [7, 11) is 0. The molecule has 0 aliphatic carbocycles. The Kier molecular flexibility index (Phi) is 7.53. The molecule has 39 heavy (non-hydrogen) atoms. The lowest BCUT2D eigenvalue weighted by atomic mass is 9.94. The number of ether oxygens (including phenoxy) is 3. The third-order valence-electron chi connectivity index (χ3n) is 5.76. The summed E-state index contributed by atoms with van der Waals surface area (Å²) in [6, 6.07) is 3.96. The highest BCUT2D eigenvalue weighted by atomic mass is 35.5. The van der Waals surface area contributed by atoms with Crippen LogP contribution in [0.2, 0.25) is 5.28 Å². The highest BCUT2D eigenvalue weighted by molar-refractivity contribution is 6.28. The second-order valence-corrected chi connectivity index (χ2v) is 8.66. The molecule has 0 spiro atoms. The van der Waals surface area contributed by atoms with Crippen molar-refractivity contribution >= 4 is 40.5 Å². The van der Waals surface area contributed by atoms with Gasteiger partial charge in [-0.05, 0) is 29.3 Å². The van der Waals surface area contributed by atoms with Gasteiger partial charge < -0.3 is 35.3 Å².